The van der Waals surface area contributed by atoms with Crippen LogP contribution in [0.3, 0.4) is 0 Å². The van der Waals surface area contributed by atoms with Crippen LogP contribution in [-0.4, -0.2) is 7.11 Å². The molecule has 0 atom stereocenters. The zero-order chi connectivity index (χ0) is 20.9. The molecular formula is C25H24N4O. The lowest BCUT2D eigenvalue weighted by molar-refractivity contribution is 0.415. The Labute approximate surface area is 176 Å². The second kappa shape index (κ2) is 8.49. The van der Waals surface area contributed by atoms with Gasteiger partial charge in [0.2, 0.25) is 0 Å². The fourth-order valence-electron chi connectivity index (χ4n) is 3.23. The van der Waals surface area contributed by atoms with Crippen molar-refractivity contribution in [2.75, 3.05) is 28.8 Å². The first-order valence-corrected chi connectivity index (χ1v) is 9.65. The average Bonchev–Trinajstić information content (AvgIpc) is 2.78. The van der Waals surface area contributed by atoms with Crippen molar-refractivity contribution in [3.63, 3.8) is 0 Å². The van der Waals surface area contributed by atoms with Gasteiger partial charge >= 0.3 is 0 Å². The Balaban J connectivity index is 1.63. The van der Waals surface area contributed by atoms with Crippen LogP contribution >= 0.6 is 0 Å². The topological polar surface area (TPSA) is 76.5 Å². The van der Waals surface area contributed by atoms with Gasteiger partial charge in [-0.25, -0.2) is 0 Å². The van der Waals surface area contributed by atoms with Gasteiger partial charge in [-0.1, -0.05) is 0 Å². The van der Waals surface area contributed by atoms with E-state index >= 15 is 0 Å². The standard InChI is InChI=1S/C25H24N4O/c1-30-25-16-8-21(9-17-25)28-20-6-14-24(15-7-20)29(22-10-2-18(26)3-11-22)23-12-4-19(27)5-13-23/h2-17,28H,26-27H2,1H3. The third-order valence-corrected chi connectivity index (χ3v) is 4.81. The Kier molecular flexibility index (Phi) is 5.44. The summed E-state index contributed by atoms with van der Waals surface area (Å²) < 4.78 is 5.21. The molecule has 0 spiro atoms. The van der Waals surface area contributed by atoms with Crippen molar-refractivity contribution in [3.05, 3.63) is 97.1 Å². The highest BCUT2D eigenvalue weighted by atomic mass is 16.5. The summed E-state index contributed by atoms with van der Waals surface area (Å²) in [6.45, 7) is 0. The van der Waals surface area contributed by atoms with Crippen molar-refractivity contribution in [1.82, 2.24) is 0 Å². The van der Waals surface area contributed by atoms with Crippen LogP contribution in [0, 0.1) is 0 Å². The molecule has 0 radical (unpaired) electrons. The van der Waals surface area contributed by atoms with Gasteiger partial charge in [-0.3, -0.25) is 0 Å². The molecule has 0 bridgehead atoms. The van der Waals surface area contributed by atoms with Crippen LogP contribution in [0.5, 0.6) is 5.75 Å². The lowest BCUT2D eigenvalue weighted by Crippen LogP contribution is -2.10. The number of benzene rings is 4. The molecule has 0 saturated heterocycles. The van der Waals surface area contributed by atoms with Gasteiger partial charge in [0.1, 0.15) is 5.75 Å². The minimum absolute atomic E-state index is 0.732. The highest BCUT2D eigenvalue weighted by Gasteiger charge is 2.12. The molecule has 0 aliphatic rings. The van der Waals surface area contributed by atoms with E-state index in [1.165, 1.54) is 0 Å². The van der Waals surface area contributed by atoms with E-state index in [1.54, 1.807) is 7.11 Å². The molecule has 150 valence electrons. The molecule has 30 heavy (non-hydrogen) atoms. The van der Waals surface area contributed by atoms with Crippen LogP contribution in [0.1, 0.15) is 0 Å². The predicted molar refractivity (Wildman–Crippen MR) is 126 cm³/mol. The van der Waals surface area contributed by atoms with Gasteiger partial charge in [0.05, 0.1) is 7.11 Å². The summed E-state index contributed by atoms with van der Waals surface area (Å²) in [4.78, 5) is 2.16. The Bertz CT molecular complexity index is 1040. The second-order valence-corrected chi connectivity index (χ2v) is 6.92. The summed E-state index contributed by atoms with van der Waals surface area (Å²) in [6, 6.07) is 31.8. The minimum atomic E-state index is 0.732. The van der Waals surface area contributed by atoms with E-state index in [1.807, 2.05) is 72.8 Å². The third-order valence-electron chi connectivity index (χ3n) is 4.81. The van der Waals surface area contributed by atoms with Gasteiger partial charge in [0.15, 0.2) is 0 Å². The monoisotopic (exact) mass is 396 g/mol. The molecule has 0 aliphatic heterocycles. The molecule has 0 fully saturated rings. The summed E-state index contributed by atoms with van der Waals surface area (Å²) in [7, 11) is 1.66. The highest BCUT2D eigenvalue weighted by Crippen LogP contribution is 2.36. The quantitative estimate of drug-likeness (QED) is 0.345. The molecular weight excluding hydrogens is 372 g/mol. The first kappa shape index (κ1) is 19.2. The fourth-order valence-corrected chi connectivity index (χ4v) is 3.23. The molecule has 5 nitrogen and oxygen atoms in total. The van der Waals surface area contributed by atoms with Crippen molar-refractivity contribution >= 4 is 39.8 Å². The van der Waals surface area contributed by atoms with Gasteiger partial charge in [0.25, 0.3) is 0 Å². The van der Waals surface area contributed by atoms with Crippen molar-refractivity contribution in [2.24, 2.45) is 0 Å². The van der Waals surface area contributed by atoms with Crippen LogP contribution in [0.25, 0.3) is 0 Å². The summed E-state index contributed by atoms with van der Waals surface area (Å²) in [5.74, 6) is 0.832. The van der Waals surface area contributed by atoms with E-state index in [0.29, 0.717) is 0 Å². The van der Waals surface area contributed by atoms with E-state index in [9.17, 15) is 0 Å². The molecule has 0 heterocycles. The number of anilines is 7. The maximum Gasteiger partial charge on any atom is 0.119 e. The number of hydrogen-bond acceptors (Lipinski definition) is 5. The van der Waals surface area contributed by atoms with E-state index in [0.717, 1.165) is 45.6 Å². The number of nitrogen functional groups attached to an aromatic ring is 2. The number of rotatable bonds is 6. The molecule has 0 saturated carbocycles. The van der Waals surface area contributed by atoms with Gasteiger partial charge in [-0.15, -0.1) is 0 Å². The number of nitrogens with zero attached hydrogens (tertiary/aromatic N) is 1. The van der Waals surface area contributed by atoms with E-state index in [-0.39, 0.29) is 0 Å². The highest BCUT2D eigenvalue weighted by molar-refractivity contribution is 5.79. The molecule has 4 rings (SSSR count). The number of hydrogen-bond donors (Lipinski definition) is 3. The SMILES string of the molecule is COc1ccc(Nc2ccc(N(c3ccc(N)cc3)c3ccc(N)cc3)cc2)cc1. The normalized spacial score (nSPS) is 10.4. The maximum atomic E-state index is 5.88. The van der Waals surface area contributed by atoms with Crippen molar-refractivity contribution in [3.8, 4) is 5.75 Å². The minimum Gasteiger partial charge on any atom is -0.497 e. The number of methoxy groups -OCH3 is 1. The maximum absolute atomic E-state index is 5.88. The Hall–Kier alpha value is -4.12. The molecule has 4 aromatic carbocycles. The molecule has 4 aromatic rings. The van der Waals surface area contributed by atoms with Crippen molar-refractivity contribution < 1.29 is 4.74 Å². The smallest absolute Gasteiger partial charge is 0.119 e. The summed E-state index contributed by atoms with van der Waals surface area (Å²) in [5.41, 5.74) is 18.3. The van der Waals surface area contributed by atoms with E-state index in [4.69, 9.17) is 16.2 Å². The Morgan fingerprint density at radius 3 is 1.33 bits per heavy atom. The summed E-state index contributed by atoms with van der Waals surface area (Å²) in [5, 5.41) is 3.41. The van der Waals surface area contributed by atoms with Crippen molar-refractivity contribution in [2.45, 2.75) is 0 Å². The number of nitrogens with two attached hydrogens (primary N) is 2. The van der Waals surface area contributed by atoms with Crippen LogP contribution < -0.4 is 26.4 Å². The van der Waals surface area contributed by atoms with Crippen LogP contribution in [0.2, 0.25) is 0 Å². The average molecular weight is 396 g/mol. The lowest BCUT2D eigenvalue weighted by Gasteiger charge is -2.26. The molecule has 0 amide bonds. The third kappa shape index (κ3) is 4.31. The second-order valence-electron chi connectivity index (χ2n) is 6.92. The first-order valence-electron chi connectivity index (χ1n) is 9.65. The van der Waals surface area contributed by atoms with Gasteiger partial charge in [-0.05, 0) is 97.1 Å². The number of ether oxygens (including phenoxy) is 1. The molecule has 0 unspecified atom stereocenters. The summed E-state index contributed by atoms with van der Waals surface area (Å²) in [6.07, 6.45) is 0. The number of nitrogens with one attached hydrogen (secondary N) is 1. The molecule has 0 aliphatic carbocycles. The predicted octanol–water partition coefficient (Wildman–Crippen LogP) is 6.07. The van der Waals surface area contributed by atoms with Crippen LogP contribution in [0.4, 0.5) is 39.8 Å². The van der Waals surface area contributed by atoms with Crippen LogP contribution in [0.15, 0.2) is 97.1 Å². The fraction of sp³-hybridized carbons (Fsp3) is 0.0400. The van der Waals surface area contributed by atoms with Gasteiger partial charge < -0.3 is 26.4 Å². The largest absolute Gasteiger partial charge is 0.497 e. The zero-order valence-electron chi connectivity index (χ0n) is 16.7. The molecule has 0 aromatic heterocycles. The zero-order valence-corrected chi connectivity index (χ0v) is 16.7. The lowest BCUT2D eigenvalue weighted by atomic mass is 10.1. The van der Waals surface area contributed by atoms with Crippen LogP contribution in [-0.2, 0) is 0 Å². The summed E-state index contributed by atoms with van der Waals surface area (Å²) >= 11 is 0. The van der Waals surface area contributed by atoms with E-state index < -0.39 is 0 Å². The van der Waals surface area contributed by atoms with E-state index in [2.05, 4.69) is 34.5 Å². The molecule has 5 heteroatoms. The Morgan fingerprint density at radius 1 is 0.567 bits per heavy atom. The van der Waals surface area contributed by atoms with Gasteiger partial charge in [0, 0.05) is 39.8 Å². The van der Waals surface area contributed by atoms with Gasteiger partial charge in [-0.2, -0.15) is 0 Å². The Morgan fingerprint density at radius 2 is 0.933 bits per heavy atom. The van der Waals surface area contributed by atoms with Crippen molar-refractivity contribution in [1.29, 1.82) is 0 Å². The molecule has 5 N–H and O–H groups in total. The first-order chi connectivity index (χ1) is 14.6.